The molecule has 0 spiro atoms. The number of aliphatic hydroxyl groups is 1. The van der Waals surface area contributed by atoms with E-state index in [0.29, 0.717) is 18.9 Å². The lowest BCUT2D eigenvalue weighted by molar-refractivity contribution is -0.122. The molecule has 20 heavy (non-hydrogen) atoms. The van der Waals surface area contributed by atoms with Crippen LogP contribution in [0.5, 0.6) is 0 Å². The third-order valence-electron chi connectivity index (χ3n) is 3.80. The Hall–Kier alpha value is -0.940. The van der Waals surface area contributed by atoms with Crippen LogP contribution in [0.25, 0.3) is 0 Å². The third kappa shape index (κ3) is 4.28. The van der Waals surface area contributed by atoms with E-state index in [2.05, 4.69) is 24.1 Å². The molecule has 5 heteroatoms. The molecule has 0 atom stereocenters. The molecule has 0 radical (unpaired) electrons. The summed E-state index contributed by atoms with van der Waals surface area (Å²) in [6, 6.07) is 0. The van der Waals surface area contributed by atoms with Crippen molar-refractivity contribution in [3.05, 3.63) is 16.1 Å². The van der Waals surface area contributed by atoms with Crippen LogP contribution in [0.4, 0.5) is 0 Å². The predicted octanol–water partition coefficient (Wildman–Crippen LogP) is 2.62. The molecule has 1 fully saturated rings. The lowest BCUT2D eigenvalue weighted by atomic mass is 9.85. The van der Waals surface area contributed by atoms with Crippen LogP contribution in [0, 0.1) is 0 Å². The minimum atomic E-state index is -0.695. The van der Waals surface area contributed by atoms with Crippen molar-refractivity contribution in [3.8, 4) is 0 Å². The molecule has 4 nitrogen and oxygen atoms in total. The highest BCUT2D eigenvalue weighted by molar-refractivity contribution is 7.09. The van der Waals surface area contributed by atoms with Crippen molar-refractivity contribution in [1.82, 2.24) is 10.3 Å². The Kier molecular flexibility index (Phi) is 5.16. The molecule has 2 rings (SSSR count). The first kappa shape index (κ1) is 15.4. The van der Waals surface area contributed by atoms with Crippen molar-refractivity contribution in [2.45, 2.75) is 63.9 Å². The van der Waals surface area contributed by atoms with E-state index < -0.39 is 5.60 Å². The zero-order chi connectivity index (χ0) is 14.6. The fraction of sp³-hybridized carbons (Fsp3) is 0.733. The summed E-state index contributed by atoms with van der Waals surface area (Å²) < 4.78 is 0. The van der Waals surface area contributed by atoms with E-state index in [0.717, 1.165) is 36.4 Å². The van der Waals surface area contributed by atoms with Gasteiger partial charge in [-0.2, -0.15) is 0 Å². The van der Waals surface area contributed by atoms with Gasteiger partial charge in [-0.1, -0.05) is 33.1 Å². The predicted molar refractivity (Wildman–Crippen MR) is 81.0 cm³/mol. The summed E-state index contributed by atoms with van der Waals surface area (Å²) in [4.78, 5) is 16.4. The number of rotatable bonds is 5. The Morgan fingerprint density at radius 3 is 2.75 bits per heavy atom. The second-order valence-electron chi connectivity index (χ2n) is 6.07. The molecule has 0 aliphatic heterocycles. The Morgan fingerprint density at radius 2 is 2.15 bits per heavy atom. The van der Waals surface area contributed by atoms with E-state index >= 15 is 0 Å². The van der Waals surface area contributed by atoms with Gasteiger partial charge in [0, 0.05) is 17.8 Å². The van der Waals surface area contributed by atoms with Gasteiger partial charge in [-0.05, 0) is 12.8 Å². The molecular formula is C15H24N2O2S. The average Bonchev–Trinajstić information content (AvgIpc) is 2.86. The smallest absolute Gasteiger partial charge is 0.226 e. The van der Waals surface area contributed by atoms with Gasteiger partial charge >= 0.3 is 0 Å². The summed E-state index contributed by atoms with van der Waals surface area (Å²) in [7, 11) is 0. The van der Waals surface area contributed by atoms with Gasteiger partial charge in [0.1, 0.15) is 0 Å². The van der Waals surface area contributed by atoms with E-state index in [9.17, 15) is 9.90 Å². The van der Waals surface area contributed by atoms with Gasteiger partial charge in [0.2, 0.25) is 5.91 Å². The minimum Gasteiger partial charge on any atom is -0.388 e. The molecule has 1 amide bonds. The summed E-state index contributed by atoms with van der Waals surface area (Å²) in [5.41, 5.74) is 0.130. The fourth-order valence-electron chi connectivity index (χ4n) is 2.55. The number of nitrogens with one attached hydrogen (secondary N) is 1. The number of amides is 1. The molecule has 1 aromatic rings. The first-order chi connectivity index (χ1) is 9.48. The summed E-state index contributed by atoms with van der Waals surface area (Å²) in [6.07, 6.45) is 5.18. The summed E-state index contributed by atoms with van der Waals surface area (Å²) in [5, 5.41) is 16.2. The number of aromatic nitrogens is 1. The van der Waals surface area contributed by atoms with Crippen LogP contribution < -0.4 is 5.32 Å². The molecule has 1 heterocycles. The maximum absolute atomic E-state index is 11.9. The Bertz CT molecular complexity index is 450. The molecule has 1 aliphatic carbocycles. The Balaban J connectivity index is 1.79. The fourth-order valence-corrected chi connectivity index (χ4v) is 3.38. The molecule has 0 unspecified atom stereocenters. The van der Waals surface area contributed by atoms with Crippen molar-refractivity contribution in [3.63, 3.8) is 0 Å². The van der Waals surface area contributed by atoms with E-state index in [1.54, 1.807) is 11.3 Å². The van der Waals surface area contributed by atoms with Crippen LogP contribution in [0.2, 0.25) is 0 Å². The van der Waals surface area contributed by atoms with Gasteiger partial charge in [-0.3, -0.25) is 4.79 Å². The minimum absolute atomic E-state index is 0.0513. The summed E-state index contributed by atoms with van der Waals surface area (Å²) in [5.74, 6) is 0.351. The average molecular weight is 296 g/mol. The van der Waals surface area contributed by atoms with Crippen molar-refractivity contribution in [1.29, 1.82) is 0 Å². The molecule has 1 aliphatic rings. The van der Waals surface area contributed by atoms with Crippen LogP contribution in [-0.4, -0.2) is 28.1 Å². The van der Waals surface area contributed by atoms with Crippen LogP contribution in [0.3, 0.4) is 0 Å². The number of thiazole rings is 1. The van der Waals surface area contributed by atoms with Gasteiger partial charge in [0.15, 0.2) is 0 Å². The maximum atomic E-state index is 11.9. The number of carbonyl (C=O) groups is 1. The summed E-state index contributed by atoms with van der Waals surface area (Å²) >= 11 is 1.60. The Morgan fingerprint density at radius 1 is 1.45 bits per heavy atom. The van der Waals surface area contributed by atoms with Crippen LogP contribution in [0.15, 0.2) is 5.38 Å². The van der Waals surface area contributed by atoms with Gasteiger partial charge < -0.3 is 10.4 Å². The molecule has 0 bridgehead atoms. The summed E-state index contributed by atoms with van der Waals surface area (Å²) in [6.45, 7) is 4.57. The SMILES string of the molecule is CC(C)c1nc(CC(=O)NCC2(O)CCCCC2)cs1. The first-order valence-electron chi connectivity index (χ1n) is 7.42. The van der Waals surface area contributed by atoms with E-state index in [4.69, 9.17) is 0 Å². The molecule has 1 saturated carbocycles. The van der Waals surface area contributed by atoms with Gasteiger partial charge in [-0.15, -0.1) is 11.3 Å². The number of nitrogens with zero attached hydrogens (tertiary/aromatic N) is 1. The second kappa shape index (κ2) is 6.68. The van der Waals surface area contributed by atoms with Gasteiger partial charge in [0.25, 0.3) is 0 Å². The lowest BCUT2D eigenvalue weighted by Gasteiger charge is -2.32. The monoisotopic (exact) mass is 296 g/mol. The van der Waals surface area contributed by atoms with Crippen LogP contribution in [-0.2, 0) is 11.2 Å². The highest BCUT2D eigenvalue weighted by atomic mass is 32.1. The van der Waals surface area contributed by atoms with E-state index in [1.165, 1.54) is 6.42 Å². The number of hydrogen-bond donors (Lipinski definition) is 2. The van der Waals surface area contributed by atoms with Crippen molar-refractivity contribution in [2.24, 2.45) is 0 Å². The molecule has 0 saturated heterocycles. The third-order valence-corrected chi connectivity index (χ3v) is 5.00. The maximum Gasteiger partial charge on any atom is 0.226 e. The zero-order valence-electron chi connectivity index (χ0n) is 12.3. The highest BCUT2D eigenvalue weighted by Gasteiger charge is 2.29. The largest absolute Gasteiger partial charge is 0.388 e. The normalized spacial score (nSPS) is 18.2. The highest BCUT2D eigenvalue weighted by Crippen LogP contribution is 2.27. The lowest BCUT2D eigenvalue weighted by Crippen LogP contribution is -2.44. The molecule has 0 aromatic carbocycles. The molecule has 2 N–H and O–H groups in total. The van der Waals surface area contributed by atoms with Crippen LogP contribution >= 0.6 is 11.3 Å². The Labute approximate surface area is 124 Å². The molecule has 112 valence electrons. The number of carbonyl (C=O) groups excluding carboxylic acids is 1. The van der Waals surface area contributed by atoms with E-state index in [1.807, 2.05) is 5.38 Å². The van der Waals surface area contributed by atoms with Crippen molar-refractivity contribution in [2.75, 3.05) is 6.54 Å². The van der Waals surface area contributed by atoms with E-state index in [-0.39, 0.29) is 5.91 Å². The van der Waals surface area contributed by atoms with Crippen molar-refractivity contribution < 1.29 is 9.90 Å². The quantitative estimate of drug-likeness (QED) is 0.878. The topological polar surface area (TPSA) is 62.2 Å². The standard InChI is InChI=1S/C15H24N2O2S/c1-11(2)14-17-12(9-20-14)8-13(18)16-10-15(19)6-4-3-5-7-15/h9,11,19H,3-8,10H2,1-2H3,(H,16,18). The molecular weight excluding hydrogens is 272 g/mol. The molecule has 1 aromatic heterocycles. The first-order valence-corrected chi connectivity index (χ1v) is 8.30. The van der Waals surface area contributed by atoms with Crippen LogP contribution in [0.1, 0.15) is 62.6 Å². The van der Waals surface area contributed by atoms with Gasteiger partial charge in [-0.25, -0.2) is 4.98 Å². The van der Waals surface area contributed by atoms with Gasteiger partial charge in [0.05, 0.1) is 22.7 Å². The second-order valence-corrected chi connectivity index (χ2v) is 6.96. The number of hydrogen-bond acceptors (Lipinski definition) is 4. The zero-order valence-corrected chi connectivity index (χ0v) is 13.1. The van der Waals surface area contributed by atoms with Crippen molar-refractivity contribution >= 4 is 17.2 Å².